The van der Waals surface area contributed by atoms with Crippen molar-refractivity contribution in [2.45, 2.75) is 13.3 Å². The van der Waals surface area contributed by atoms with E-state index in [2.05, 4.69) is 5.32 Å². The molecule has 1 amide bonds. The third-order valence-electron chi connectivity index (χ3n) is 3.18. The number of hydrogen-bond acceptors (Lipinski definition) is 2. The molecule has 0 saturated carbocycles. The van der Waals surface area contributed by atoms with E-state index in [0.717, 1.165) is 11.1 Å². The fourth-order valence-corrected chi connectivity index (χ4v) is 2.00. The van der Waals surface area contributed by atoms with Gasteiger partial charge in [-0.05, 0) is 41.8 Å². The van der Waals surface area contributed by atoms with Gasteiger partial charge < -0.3 is 10.4 Å². The molecule has 0 spiro atoms. The fourth-order valence-electron chi connectivity index (χ4n) is 2.00. The zero-order valence-electron chi connectivity index (χ0n) is 12.2. The monoisotopic (exact) mass is 295 g/mol. The minimum atomic E-state index is -0.877. The van der Waals surface area contributed by atoms with Crippen LogP contribution in [0.5, 0.6) is 0 Å². The lowest BCUT2D eigenvalue weighted by atomic mass is 10.1. The third kappa shape index (κ3) is 4.59. The molecule has 22 heavy (non-hydrogen) atoms. The maximum Gasteiger partial charge on any atom is 0.307 e. The highest BCUT2D eigenvalue weighted by Gasteiger charge is 2.02. The summed E-state index contributed by atoms with van der Waals surface area (Å²) in [6, 6.07) is 14.6. The molecule has 2 N–H and O–H groups in total. The first-order valence-electron chi connectivity index (χ1n) is 6.90. The molecular formula is C18H17NO3. The van der Waals surface area contributed by atoms with Crippen LogP contribution in [0.25, 0.3) is 6.08 Å². The molecule has 0 unspecified atom stereocenters. The largest absolute Gasteiger partial charge is 0.481 e. The Morgan fingerprint density at radius 2 is 1.77 bits per heavy atom. The van der Waals surface area contributed by atoms with Crippen molar-refractivity contribution in [3.05, 3.63) is 71.3 Å². The van der Waals surface area contributed by atoms with Crippen LogP contribution in [0.2, 0.25) is 0 Å². The predicted molar refractivity (Wildman–Crippen MR) is 86.6 cm³/mol. The van der Waals surface area contributed by atoms with Crippen LogP contribution < -0.4 is 5.32 Å². The second-order valence-corrected chi connectivity index (χ2v) is 4.95. The molecule has 0 aromatic heterocycles. The summed E-state index contributed by atoms with van der Waals surface area (Å²) in [6.07, 6.45) is 3.22. The molecule has 4 heteroatoms. The summed E-state index contributed by atoms with van der Waals surface area (Å²) < 4.78 is 0. The van der Waals surface area contributed by atoms with Crippen LogP contribution in [-0.4, -0.2) is 17.0 Å². The third-order valence-corrected chi connectivity index (χ3v) is 3.18. The Bertz CT molecular complexity index is 703. The predicted octanol–water partition coefficient (Wildman–Crippen LogP) is 3.27. The van der Waals surface area contributed by atoms with E-state index in [-0.39, 0.29) is 12.3 Å². The normalized spacial score (nSPS) is 10.6. The Balaban J connectivity index is 1.97. The Morgan fingerprint density at radius 1 is 1.09 bits per heavy atom. The fraction of sp³-hybridized carbons (Fsp3) is 0.111. The Hall–Kier alpha value is -2.88. The Morgan fingerprint density at radius 3 is 2.41 bits per heavy atom. The van der Waals surface area contributed by atoms with E-state index in [9.17, 15) is 9.59 Å². The number of aryl methyl sites for hydroxylation is 1. The summed E-state index contributed by atoms with van der Waals surface area (Å²) in [5.74, 6) is -1.10. The van der Waals surface area contributed by atoms with Crippen LogP contribution >= 0.6 is 0 Å². The molecule has 0 bridgehead atoms. The van der Waals surface area contributed by atoms with Crippen molar-refractivity contribution < 1.29 is 14.7 Å². The lowest BCUT2D eigenvalue weighted by Crippen LogP contribution is -2.08. The maximum atomic E-state index is 11.9. The zero-order valence-corrected chi connectivity index (χ0v) is 12.2. The highest BCUT2D eigenvalue weighted by atomic mass is 16.4. The van der Waals surface area contributed by atoms with Gasteiger partial charge >= 0.3 is 5.97 Å². The molecule has 0 atom stereocenters. The number of nitrogens with one attached hydrogen (secondary N) is 1. The van der Waals surface area contributed by atoms with Gasteiger partial charge in [-0.3, -0.25) is 9.59 Å². The van der Waals surface area contributed by atoms with E-state index in [1.165, 1.54) is 6.08 Å². The number of aliphatic carboxylic acids is 1. The molecule has 112 valence electrons. The van der Waals surface area contributed by atoms with Crippen molar-refractivity contribution in [1.29, 1.82) is 0 Å². The molecular weight excluding hydrogens is 278 g/mol. The van der Waals surface area contributed by atoms with Crippen LogP contribution in [0.1, 0.15) is 16.7 Å². The van der Waals surface area contributed by atoms with Gasteiger partial charge in [-0.1, -0.05) is 36.4 Å². The first-order chi connectivity index (χ1) is 10.5. The standard InChI is InChI=1S/C18H17NO3/c1-13-4-2-3-5-15(13)8-11-17(20)19-16-9-6-14(7-10-16)12-18(21)22/h2-11H,12H2,1H3,(H,19,20)(H,21,22)/b11-8+. The highest BCUT2D eigenvalue weighted by molar-refractivity contribution is 6.02. The van der Waals surface area contributed by atoms with Gasteiger partial charge in [0.25, 0.3) is 0 Å². The van der Waals surface area contributed by atoms with Crippen LogP contribution in [0.3, 0.4) is 0 Å². The van der Waals surface area contributed by atoms with Gasteiger partial charge in [-0.25, -0.2) is 0 Å². The van der Waals surface area contributed by atoms with Gasteiger partial charge in [0.1, 0.15) is 0 Å². The highest BCUT2D eigenvalue weighted by Crippen LogP contribution is 2.12. The van der Waals surface area contributed by atoms with Gasteiger partial charge in [0.05, 0.1) is 6.42 Å². The van der Waals surface area contributed by atoms with Crippen LogP contribution in [0.4, 0.5) is 5.69 Å². The topological polar surface area (TPSA) is 66.4 Å². The Labute approximate surface area is 129 Å². The lowest BCUT2D eigenvalue weighted by Gasteiger charge is -2.04. The SMILES string of the molecule is Cc1ccccc1/C=C/C(=O)Nc1ccc(CC(=O)O)cc1. The molecule has 2 rings (SSSR count). The number of carbonyl (C=O) groups is 2. The quantitative estimate of drug-likeness (QED) is 0.832. The number of amides is 1. The van der Waals surface area contributed by atoms with Crippen molar-refractivity contribution in [3.8, 4) is 0 Å². The molecule has 2 aromatic rings. The van der Waals surface area contributed by atoms with E-state index in [1.807, 2.05) is 31.2 Å². The lowest BCUT2D eigenvalue weighted by molar-refractivity contribution is -0.136. The van der Waals surface area contributed by atoms with Crippen molar-refractivity contribution in [2.24, 2.45) is 0 Å². The Kier molecular flexibility index (Phi) is 5.09. The smallest absolute Gasteiger partial charge is 0.307 e. The number of benzene rings is 2. The van der Waals surface area contributed by atoms with Gasteiger partial charge in [-0.2, -0.15) is 0 Å². The van der Waals surface area contributed by atoms with E-state index < -0.39 is 5.97 Å². The first-order valence-corrected chi connectivity index (χ1v) is 6.90. The van der Waals surface area contributed by atoms with E-state index in [1.54, 1.807) is 30.3 Å². The number of carboxylic acids is 1. The minimum absolute atomic E-state index is 0.0264. The van der Waals surface area contributed by atoms with Crippen molar-refractivity contribution >= 4 is 23.6 Å². The molecule has 4 nitrogen and oxygen atoms in total. The average Bonchev–Trinajstić information content (AvgIpc) is 2.48. The minimum Gasteiger partial charge on any atom is -0.481 e. The van der Waals surface area contributed by atoms with E-state index in [0.29, 0.717) is 11.3 Å². The summed E-state index contributed by atoms with van der Waals surface area (Å²) in [7, 11) is 0. The number of anilines is 1. The molecule has 0 heterocycles. The second-order valence-electron chi connectivity index (χ2n) is 4.95. The van der Waals surface area contributed by atoms with Gasteiger partial charge in [0, 0.05) is 11.8 Å². The molecule has 0 radical (unpaired) electrons. The number of rotatable bonds is 5. The summed E-state index contributed by atoms with van der Waals surface area (Å²) in [4.78, 5) is 22.5. The van der Waals surface area contributed by atoms with E-state index in [4.69, 9.17) is 5.11 Å². The van der Waals surface area contributed by atoms with E-state index >= 15 is 0 Å². The average molecular weight is 295 g/mol. The maximum absolute atomic E-state index is 11.9. The van der Waals surface area contributed by atoms with Crippen molar-refractivity contribution in [2.75, 3.05) is 5.32 Å². The number of carbonyl (C=O) groups excluding carboxylic acids is 1. The molecule has 0 aliphatic carbocycles. The number of carboxylic acid groups (broad SMARTS) is 1. The van der Waals surface area contributed by atoms with Crippen molar-refractivity contribution in [3.63, 3.8) is 0 Å². The zero-order chi connectivity index (χ0) is 15.9. The van der Waals surface area contributed by atoms with Crippen LogP contribution in [-0.2, 0) is 16.0 Å². The van der Waals surface area contributed by atoms with Gasteiger partial charge in [0.2, 0.25) is 5.91 Å². The molecule has 0 saturated heterocycles. The first kappa shape index (κ1) is 15.5. The molecule has 0 aliphatic rings. The summed E-state index contributed by atoms with van der Waals surface area (Å²) in [6.45, 7) is 1.98. The molecule has 2 aromatic carbocycles. The summed E-state index contributed by atoms with van der Waals surface area (Å²) >= 11 is 0. The van der Waals surface area contributed by atoms with Gasteiger partial charge in [-0.15, -0.1) is 0 Å². The van der Waals surface area contributed by atoms with Crippen molar-refractivity contribution in [1.82, 2.24) is 0 Å². The number of hydrogen-bond donors (Lipinski definition) is 2. The van der Waals surface area contributed by atoms with Crippen LogP contribution in [0, 0.1) is 6.92 Å². The second kappa shape index (κ2) is 7.22. The van der Waals surface area contributed by atoms with Gasteiger partial charge in [0.15, 0.2) is 0 Å². The van der Waals surface area contributed by atoms with Crippen LogP contribution in [0.15, 0.2) is 54.6 Å². The summed E-state index contributed by atoms with van der Waals surface area (Å²) in [5, 5.41) is 11.4. The molecule has 0 fully saturated rings. The molecule has 0 aliphatic heterocycles. The summed E-state index contributed by atoms with van der Waals surface area (Å²) in [5.41, 5.74) is 3.42.